The first-order valence-corrected chi connectivity index (χ1v) is 8.01. The van der Waals surface area contributed by atoms with Gasteiger partial charge in [-0.1, -0.05) is 18.2 Å². The van der Waals surface area contributed by atoms with E-state index in [1.807, 2.05) is 0 Å². The van der Waals surface area contributed by atoms with Crippen LogP contribution in [0.5, 0.6) is 0 Å². The van der Waals surface area contributed by atoms with Gasteiger partial charge in [0.1, 0.15) is 0 Å². The number of esters is 1. The van der Waals surface area contributed by atoms with Crippen LogP contribution in [0.2, 0.25) is 0 Å². The Bertz CT molecular complexity index is 824. The number of benzene rings is 1. The van der Waals surface area contributed by atoms with Gasteiger partial charge in [-0.05, 0) is 25.8 Å². The maximum Gasteiger partial charge on any atom is 0.312 e. The summed E-state index contributed by atoms with van der Waals surface area (Å²) in [5.74, 6) is -0.708. The molecule has 0 aliphatic carbocycles. The second kappa shape index (κ2) is 6.82. The molecule has 1 amide bonds. The molecule has 1 N–H and O–H groups in total. The summed E-state index contributed by atoms with van der Waals surface area (Å²) in [7, 11) is 0. The number of carbonyl (C=O) groups excluding carboxylic acids is 2. The first-order chi connectivity index (χ1) is 11.6. The molecule has 126 valence electrons. The van der Waals surface area contributed by atoms with Crippen molar-refractivity contribution in [2.75, 3.05) is 13.1 Å². The Morgan fingerprint density at radius 2 is 1.92 bits per heavy atom. The molecule has 1 aromatic heterocycles. The summed E-state index contributed by atoms with van der Waals surface area (Å²) in [6.07, 6.45) is 1.05. The van der Waals surface area contributed by atoms with Gasteiger partial charge in [0, 0.05) is 18.5 Å². The van der Waals surface area contributed by atoms with E-state index in [2.05, 4.69) is 10.2 Å². The first kappa shape index (κ1) is 16.2. The third kappa shape index (κ3) is 3.29. The van der Waals surface area contributed by atoms with Crippen LogP contribution in [0.25, 0.3) is 10.8 Å². The Morgan fingerprint density at radius 1 is 1.25 bits per heavy atom. The lowest BCUT2D eigenvalue weighted by Gasteiger charge is -2.20. The summed E-state index contributed by atoms with van der Waals surface area (Å²) in [5, 5.41) is 7.40. The van der Waals surface area contributed by atoms with Gasteiger partial charge in [0.25, 0.3) is 11.5 Å². The number of ether oxygens (including phenoxy) is 1. The lowest BCUT2D eigenvalue weighted by molar-refractivity contribution is -0.158. The van der Waals surface area contributed by atoms with Crippen LogP contribution >= 0.6 is 0 Å². The van der Waals surface area contributed by atoms with E-state index in [1.54, 1.807) is 36.1 Å². The highest BCUT2D eigenvalue weighted by molar-refractivity contribution is 5.88. The van der Waals surface area contributed by atoms with Gasteiger partial charge in [-0.15, -0.1) is 0 Å². The van der Waals surface area contributed by atoms with Gasteiger partial charge in [0.2, 0.25) is 0 Å². The van der Waals surface area contributed by atoms with E-state index >= 15 is 0 Å². The van der Waals surface area contributed by atoms with E-state index in [9.17, 15) is 14.4 Å². The van der Waals surface area contributed by atoms with Crippen LogP contribution in [0, 0.1) is 0 Å². The number of aromatic nitrogens is 2. The Morgan fingerprint density at radius 3 is 2.62 bits per heavy atom. The molecule has 0 saturated carbocycles. The Balaban J connectivity index is 1.70. The smallest absolute Gasteiger partial charge is 0.312 e. The van der Waals surface area contributed by atoms with E-state index < -0.39 is 12.1 Å². The second-order valence-electron chi connectivity index (χ2n) is 5.89. The molecule has 0 radical (unpaired) electrons. The summed E-state index contributed by atoms with van der Waals surface area (Å²) >= 11 is 0. The van der Waals surface area contributed by atoms with Crippen molar-refractivity contribution in [3.63, 3.8) is 0 Å². The highest BCUT2D eigenvalue weighted by atomic mass is 16.5. The Labute approximate surface area is 138 Å². The number of carbonyl (C=O) groups is 2. The summed E-state index contributed by atoms with van der Waals surface area (Å²) < 4.78 is 5.25. The van der Waals surface area contributed by atoms with Crippen molar-refractivity contribution in [2.45, 2.75) is 32.3 Å². The molecule has 1 aliphatic heterocycles. The number of rotatable bonds is 4. The highest BCUT2D eigenvalue weighted by Gasteiger charge is 2.26. The highest BCUT2D eigenvalue weighted by Crippen LogP contribution is 2.14. The molecule has 1 atom stereocenters. The SMILES string of the molecule is CC(OC(=O)Cc1n[nH]c(=O)c2ccccc12)C(=O)N1CCCC1. The first-order valence-electron chi connectivity index (χ1n) is 8.01. The topological polar surface area (TPSA) is 92.4 Å². The molecular formula is C17H19N3O4. The molecule has 0 bridgehead atoms. The van der Waals surface area contributed by atoms with Gasteiger partial charge < -0.3 is 9.64 Å². The second-order valence-corrected chi connectivity index (χ2v) is 5.89. The summed E-state index contributed by atoms with van der Waals surface area (Å²) in [6, 6.07) is 6.93. The fourth-order valence-corrected chi connectivity index (χ4v) is 2.93. The number of H-pyrrole nitrogens is 1. The minimum absolute atomic E-state index is 0.102. The van der Waals surface area contributed by atoms with E-state index in [1.165, 1.54) is 0 Å². The van der Waals surface area contributed by atoms with E-state index in [4.69, 9.17) is 4.74 Å². The fraction of sp³-hybridized carbons (Fsp3) is 0.412. The summed E-state index contributed by atoms with van der Waals surface area (Å²) in [6.45, 7) is 3.01. The van der Waals surface area contributed by atoms with Gasteiger partial charge in [0.15, 0.2) is 6.10 Å². The summed E-state index contributed by atoms with van der Waals surface area (Å²) in [5.41, 5.74) is 0.122. The molecule has 1 saturated heterocycles. The molecule has 1 aromatic carbocycles. The van der Waals surface area contributed by atoms with Crippen molar-refractivity contribution in [2.24, 2.45) is 0 Å². The van der Waals surface area contributed by atoms with E-state index in [0.717, 1.165) is 12.8 Å². The fourth-order valence-electron chi connectivity index (χ4n) is 2.93. The van der Waals surface area contributed by atoms with Crippen molar-refractivity contribution in [1.29, 1.82) is 0 Å². The molecule has 7 nitrogen and oxygen atoms in total. The predicted octanol–water partition coefficient (Wildman–Crippen LogP) is 1.02. The number of hydrogen-bond acceptors (Lipinski definition) is 5. The number of nitrogens with one attached hydrogen (secondary N) is 1. The van der Waals surface area contributed by atoms with Crippen LogP contribution in [0.1, 0.15) is 25.5 Å². The number of amides is 1. The molecular weight excluding hydrogens is 310 g/mol. The van der Waals surface area contributed by atoms with Crippen LogP contribution < -0.4 is 5.56 Å². The van der Waals surface area contributed by atoms with Gasteiger partial charge in [-0.25, -0.2) is 5.10 Å². The maximum atomic E-state index is 12.2. The van der Waals surface area contributed by atoms with Crippen molar-refractivity contribution < 1.29 is 14.3 Å². The van der Waals surface area contributed by atoms with Crippen molar-refractivity contribution in [1.82, 2.24) is 15.1 Å². The van der Waals surface area contributed by atoms with Crippen LogP contribution in [0.3, 0.4) is 0 Å². The van der Waals surface area contributed by atoms with Crippen LogP contribution in [-0.4, -0.2) is 46.2 Å². The molecule has 7 heteroatoms. The zero-order chi connectivity index (χ0) is 17.1. The third-order valence-corrected chi connectivity index (χ3v) is 4.16. The number of fused-ring (bicyclic) bond motifs is 1. The molecule has 3 rings (SSSR count). The molecule has 2 heterocycles. The average Bonchev–Trinajstić information content (AvgIpc) is 3.11. The summed E-state index contributed by atoms with van der Waals surface area (Å²) in [4.78, 5) is 37.8. The molecule has 2 aromatic rings. The van der Waals surface area contributed by atoms with E-state index in [-0.39, 0.29) is 17.9 Å². The van der Waals surface area contributed by atoms with Crippen LogP contribution in [-0.2, 0) is 20.7 Å². The number of aromatic amines is 1. The largest absolute Gasteiger partial charge is 0.452 e. The number of likely N-dealkylation sites (tertiary alicyclic amines) is 1. The lowest BCUT2D eigenvalue weighted by Crippen LogP contribution is -2.38. The lowest BCUT2D eigenvalue weighted by atomic mass is 10.1. The zero-order valence-corrected chi connectivity index (χ0v) is 13.4. The van der Waals surface area contributed by atoms with Crippen molar-refractivity contribution in [3.05, 3.63) is 40.3 Å². The Kier molecular flexibility index (Phi) is 4.59. The number of nitrogens with zero attached hydrogens (tertiary/aromatic N) is 2. The number of hydrogen-bond donors (Lipinski definition) is 1. The normalized spacial score (nSPS) is 15.5. The van der Waals surface area contributed by atoms with Crippen LogP contribution in [0.15, 0.2) is 29.1 Å². The predicted molar refractivity (Wildman–Crippen MR) is 87.4 cm³/mol. The third-order valence-electron chi connectivity index (χ3n) is 4.16. The standard InChI is InChI=1S/C17H19N3O4/c1-11(17(23)20-8-4-5-9-20)24-15(21)10-14-12-6-2-3-7-13(12)16(22)19-18-14/h2-3,6-7,11H,4-5,8-10H2,1H3,(H,19,22). The maximum absolute atomic E-state index is 12.2. The van der Waals surface area contributed by atoms with E-state index in [0.29, 0.717) is 29.6 Å². The average molecular weight is 329 g/mol. The molecule has 1 unspecified atom stereocenters. The minimum Gasteiger partial charge on any atom is -0.452 e. The Hall–Kier alpha value is -2.70. The van der Waals surface area contributed by atoms with Crippen LogP contribution in [0.4, 0.5) is 0 Å². The molecule has 1 fully saturated rings. The zero-order valence-electron chi connectivity index (χ0n) is 13.4. The van der Waals surface area contributed by atoms with Gasteiger partial charge in [-0.3, -0.25) is 14.4 Å². The van der Waals surface area contributed by atoms with Crippen molar-refractivity contribution in [3.8, 4) is 0 Å². The monoisotopic (exact) mass is 329 g/mol. The van der Waals surface area contributed by atoms with Gasteiger partial charge in [0.05, 0.1) is 17.5 Å². The van der Waals surface area contributed by atoms with Gasteiger partial charge >= 0.3 is 5.97 Å². The molecule has 1 aliphatic rings. The van der Waals surface area contributed by atoms with Gasteiger partial charge in [-0.2, -0.15) is 5.10 Å². The minimum atomic E-state index is -0.815. The molecule has 0 spiro atoms. The quantitative estimate of drug-likeness (QED) is 0.846. The molecule has 24 heavy (non-hydrogen) atoms. The van der Waals surface area contributed by atoms with Crippen molar-refractivity contribution >= 4 is 22.6 Å².